The van der Waals surface area contributed by atoms with Crippen molar-refractivity contribution in [2.45, 2.75) is 39.5 Å². The van der Waals surface area contributed by atoms with E-state index in [-0.39, 0.29) is 10.8 Å². The standard InChI is InChI=1S/C12H16O2/c1-11-6-9(13)4-8-3-7(11)5-10(14)12(8,11)2/h7-8H,3-6H2,1-2H3/t7-,8-,11+,12+/m1/s1. The zero-order chi connectivity index (χ0) is 10.1. The summed E-state index contributed by atoms with van der Waals surface area (Å²) in [7, 11) is 0. The monoisotopic (exact) mass is 192 g/mol. The summed E-state index contributed by atoms with van der Waals surface area (Å²) in [5.74, 6) is 1.66. The number of Topliss-reactive ketones (excluding diaryl/α,β-unsaturated/α-hetero) is 2. The Balaban J connectivity index is 2.17. The van der Waals surface area contributed by atoms with Crippen LogP contribution in [0.1, 0.15) is 39.5 Å². The molecule has 0 heterocycles. The number of carbonyl (C=O) groups excluding carboxylic acids is 2. The third-order valence-corrected chi connectivity index (χ3v) is 5.52. The van der Waals surface area contributed by atoms with Crippen molar-refractivity contribution in [3.05, 3.63) is 0 Å². The fourth-order valence-electron chi connectivity index (χ4n) is 4.39. The van der Waals surface area contributed by atoms with Gasteiger partial charge in [0.1, 0.15) is 11.6 Å². The Morgan fingerprint density at radius 1 is 1.14 bits per heavy atom. The second kappa shape index (κ2) is 2.12. The molecule has 0 amide bonds. The fourth-order valence-corrected chi connectivity index (χ4v) is 4.39. The molecule has 3 saturated carbocycles. The number of carbonyl (C=O) groups is 2. The number of rotatable bonds is 0. The highest BCUT2D eigenvalue weighted by Crippen LogP contribution is 2.70. The van der Waals surface area contributed by atoms with Gasteiger partial charge < -0.3 is 0 Å². The smallest absolute Gasteiger partial charge is 0.139 e. The van der Waals surface area contributed by atoms with Crippen molar-refractivity contribution in [2.75, 3.05) is 0 Å². The summed E-state index contributed by atoms with van der Waals surface area (Å²) in [5, 5.41) is 0. The molecule has 0 aromatic heterocycles. The molecule has 3 aliphatic carbocycles. The molecule has 14 heavy (non-hydrogen) atoms. The molecule has 0 aliphatic heterocycles. The van der Waals surface area contributed by atoms with E-state index in [0.29, 0.717) is 36.2 Å². The van der Waals surface area contributed by atoms with E-state index in [0.717, 1.165) is 12.8 Å². The van der Waals surface area contributed by atoms with Crippen LogP contribution in [0.25, 0.3) is 0 Å². The van der Waals surface area contributed by atoms with Gasteiger partial charge in [0.15, 0.2) is 0 Å². The Labute approximate surface area is 84.1 Å². The molecular formula is C12H16O2. The van der Waals surface area contributed by atoms with E-state index in [2.05, 4.69) is 13.8 Å². The molecular weight excluding hydrogens is 176 g/mol. The van der Waals surface area contributed by atoms with Crippen LogP contribution >= 0.6 is 0 Å². The maximum absolute atomic E-state index is 12.0. The van der Waals surface area contributed by atoms with Crippen LogP contribution in [0.4, 0.5) is 0 Å². The molecule has 3 aliphatic rings. The van der Waals surface area contributed by atoms with Crippen molar-refractivity contribution in [1.29, 1.82) is 0 Å². The predicted octanol–water partition coefficient (Wildman–Crippen LogP) is 1.97. The lowest BCUT2D eigenvalue weighted by molar-refractivity contribution is -0.139. The maximum atomic E-state index is 12.0. The average Bonchev–Trinajstić information content (AvgIpc) is 2.35. The molecule has 0 aromatic rings. The Hall–Kier alpha value is -0.660. The van der Waals surface area contributed by atoms with Crippen molar-refractivity contribution in [3.63, 3.8) is 0 Å². The van der Waals surface area contributed by atoms with E-state index in [1.54, 1.807) is 0 Å². The zero-order valence-corrected chi connectivity index (χ0v) is 8.80. The Morgan fingerprint density at radius 2 is 1.86 bits per heavy atom. The Kier molecular flexibility index (Phi) is 1.31. The lowest BCUT2D eigenvalue weighted by Crippen LogP contribution is -2.45. The molecule has 2 nitrogen and oxygen atoms in total. The lowest BCUT2D eigenvalue weighted by Gasteiger charge is -2.43. The van der Waals surface area contributed by atoms with E-state index in [1.165, 1.54) is 0 Å². The van der Waals surface area contributed by atoms with E-state index >= 15 is 0 Å². The quantitative estimate of drug-likeness (QED) is 0.588. The normalized spacial score (nSPS) is 55.6. The molecule has 3 fully saturated rings. The second-order valence-corrected chi connectivity index (χ2v) is 5.80. The summed E-state index contributed by atoms with van der Waals surface area (Å²) >= 11 is 0. The van der Waals surface area contributed by atoms with Crippen LogP contribution in [0.3, 0.4) is 0 Å². The number of ketones is 2. The first-order valence-corrected chi connectivity index (χ1v) is 5.53. The van der Waals surface area contributed by atoms with Crippen LogP contribution in [0, 0.1) is 22.7 Å². The van der Waals surface area contributed by atoms with Gasteiger partial charge in [0.2, 0.25) is 0 Å². The third-order valence-electron chi connectivity index (χ3n) is 5.52. The zero-order valence-electron chi connectivity index (χ0n) is 8.80. The first-order valence-electron chi connectivity index (χ1n) is 5.53. The van der Waals surface area contributed by atoms with Crippen LogP contribution in [0.15, 0.2) is 0 Å². The minimum absolute atomic E-state index is 0.00405. The highest BCUT2D eigenvalue weighted by Gasteiger charge is 2.70. The lowest BCUT2D eigenvalue weighted by atomic mass is 9.58. The summed E-state index contributed by atoms with van der Waals surface area (Å²) in [6.45, 7) is 4.28. The highest BCUT2D eigenvalue weighted by atomic mass is 16.1. The van der Waals surface area contributed by atoms with E-state index in [9.17, 15) is 9.59 Å². The van der Waals surface area contributed by atoms with Gasteiger partial charge in [-0.25, -0.2) is 0 Å². The molecule has 3 rings (SSSR count). The molecule has 2 heteroatoms. The summed E-state index contributed by atoms with van der Waals surface area (Å²) in [6, 6.07) is 0. The molecule has 0 N–H and O–H groups in total. The van der Waals surface area contributed by atoms with E-state index in [4.69, 9.17) is 0 Å². The summed E-state index contributed by atoms with van der Waals surface area (Å²) in [5.41, 5.74) is -0.157. The van der Waals surface area contributed by atoms with Crippen LogP contribution in [-0.2, 0) is 9.59 Å². The third kappa shape index (κ3) is 0.645. The summed E-state index contributed by atoms with van der Waals surface area (Å²) in [4.78, 5) is 23.6. The molecule has 0 unspecified atom stereocenters. The van der Waals surface area contributed by atoms with Crippen LogP contribution in [0.5, 0.6) is 0 Å². The largest absolute Gasteiger partial charge is 0.300 e. The van der Waals surface area contributed by atoms with Gasteiger partial charge >= 0.3 is 0 Å². The van der Waals surface area contributed by atoms with Crippen molar-refractivity contribution >= 4 is 11.6 Å². The first kappa shape index (κ1) is 8.63. The first-order chi connectivity index (χ1) is 6.48. The Morgan fingerprint density at radius 3 is 2.50 bits per heavy atom. The molecule has 0 aromatic carbocycles. The van der Waals surface area contributed by atoms with Crippen LogP contribution in [-0.4, -0.2) is 11.6 Å². The second-order valence-electron chi connectivity index (χ2n) is 5.80. The van der Waals surface area contributed by atoms with Gasteiger partial charge in [-0.05, 0) is 23.7 Å². The van der Waals surface area contributed by atoms with Crippen molar-refractivity contribution in [2.24, 2.45) is 22.7 Å². The summed E-state index contributed by atoms with van der Waals surface area (Å²) in [6.07, 6.45) is 3.16. The van der Waals surface area contributed by atoms with Crippen molar-refractivity contribution in [1.82, 2.24) is 0 Å². The van der Waals surface area contributed by atoms with Gasteiger partial charge in [-0.2, -0.15) is 0 Å². The molecule has 76 valence electrons. The van der Waals surface area contributed by atoms with Crippen LogP contribution in [0.2, 0.25) is 0 Å². The topological polar surface area (TPSA) is 34.1 Å². The molecule has 0 radical (unpaired) electrons. The van der Waals surface area contributed by atoms with E-state index in [1.807, 2.05) is 0 Å². The Bertz CT molecular complexity index is 346. The summed E-state index contributed by atoms with van der Waals surface area (Å²) < 4.78 is 0. The van der Waals surface area contributed by atoms with Crippen molar-refractivity contribution in [3.8, 4) is 0 Å². The predicted molar refractivity (Wildman–Crippen MR) is 51.7 cm³/mol. The minimum Gasteiger partial charge on any atom is -0.300 e. The van der Waals surface area contributed by atoms with Gasteiger partial charge in [0.05, 0.1) is 0 Å². The SMILES string of the molecule is C[C@]12CC(=O)C[C@H]3C[C@@H]1CC(=O)[C@]32C. The van der Waals surface area contributed by atoms with Crippen molar-refractivity contribution < 1.29 is 9.59 Å². The van der Waals surface area contributed by atoms with Gasteiger partial charge in [0.25, 0.3) is 0 Å². The average molecular weight is 192 g/mol. The molecule has 4 atom stereocenters. The number of hydrogen-bond donors (Lipinski definition) is 0. The van der Waals surface area contributed by atoms with Gasteiger partial charge in [-0.1, -0.05) is 13.8 Å². The van der Waals surface area contributed by atoms with Gasteiger partial charge in [-0.15, -0.1) is 0 Å². The number of hydrogen-bond acceptors (Lipinski definition) is 2. The molecule has 0 saturated heterocycles. The minimum atomic E-state index is -0.161. The highest BCUT2D eigenvalue weighted by molar-refractivity contribution is 5.94. The van der Waals surface area contributed by atoms with Crippen LogP contribution < -0.4 is 0 Å². The van der Waals surface area contributed by atoms with Gasteiger partial charge in [-0.3, -0.25) is 9.59 Å². The fraction of sp³-hybridized carbons (Fsp3) is 0.833. The van der Waals surface area contributed by atoms with Gasteiger partial charge in [0, 0.05) is 24.7 Å². The molecule has 4 bridgehead atoms. The van der Waals surface area contributed by atoms with E-state index < -0.39 is 0 Å². The molecule has 0 spiro atoms. The maximum Gasteiger partial charge on any atom is 0.139 e.